The molecule has 0 aromatic heterocycles. The van der Waals surface area contributed by atoms with Crippen LogP contribution in [0.1, 0.15) is 24.8 Å². The predicted octanol–water partition coefficient (Wildman–Crippen LogP) is 3.01. The van der Waals surface area contributed by atoms with Gasteiger partial charge in [-0.2, -0.15) is 0 Å². The average Bonchev–Trinajstić information content (AvgIpc) is 2.47. The number of hydrogen-bond donors (Lipinski definition) is 2. The van der Waals surface area contributed by atoms with Crippen molar-refractivity contribution in [3.05, 3.63) is 29.8 Å². The van der Waals surface area contributed by atoms with E-state index in [4.69, 9.17) is 0 Å². The maximum Gasteiger partial charge on any atom is 0.230 e. The van der Waals surface area contributed by atoms with E-state index in [-0.39, 0.29) is 18.3 Å². The molecule has 1 heterocycles. The van der Waals surface area contributed by atoms with Crippen molar-refractivity contribution in [1.82, 2.24) is 10.6 Å². The summed E-state index contributed by atoms with van der Waals surface area (Å²) in [4.78, 5) is 13.0. The molecule has 21 heavy (non-hydrogen) atoms. The standard InChI is InChI=1S/C16H24N2OS.ClH/c1-13-5-2-3-7-15(13)20-12-16(19)18-10-8-14-6-4-9-17-11-14;/h2-3,5,7,14,17H,4,6,8-12H2,1H3,(H,18,19);1H. The van der Waals surface area contributed by atoms with Gasteiger partial charge in [0.25, 0.3) is 0 Å². The van der Waals surface area contributed by atoms with E-state index in [1.807, 2.05) is 12.1 Å². The number of carbonyl (C=O) groups excluding carboxylic acids is 1. The van der Waals surface area contributed by atoms with E-state index >= 15 is 0 Å². The molecule has 1 saturated heterocycles. The maximum atomic E-state index is 11.8. The number of thioether (sulfide) groups is 1. The van der Waals surface area contributed by atoms with Crippen LogP contribution in [0.2, 0.25) is 0 Å². The quantitative estimate of drug-likeness (QED) is 0.789. The van der Waals surface area contributed by atoms with Crippen molar-refractivity contribution in [1.29, 1.82) is 0 Å². The van der Waals surface area contributed by atoms with Crippen molar-refractivity contribution in [3.63, 3.8) is 0 Å². The summed E-state index contributed by atoms with van der Waals surface area (Å²) < 4.78 is 0. The van der Waals surface area contributed by atoms with Crippen LogP contribution < -0.4 is 10.6 Å². The summed E-state index contributed by atoms with van der Waals surface area (Å²) in [5.41, 5.74) is 1.23. The van der Waals surface area contributed by atoms with E-state index in [1.165, 1.54) is 23.3 Å². The van der Waals surface area contributed by atoms with Gasteiger partial charge in [0.15, 0.2) is 0 Å². The molecule has 3 nitrogen and oxygen atoms in total. The van der Waals surface area contributed by atoms with Gasteiger partial charge in [-0.1, -0.05) is 18.2 Å². The normalized spacial score (nSPS) is 17.9. The van der Waals surface area contributed by atoms with Crippen LogP contribution in [0.15, 0.2) is 29.2 Å². The SMILES string of the molecule is Cc1ccccc1SCC(=O)NCCC1CCCNC1.Cl. The zero-order valence-corrected chi connectivity index (χ0v) is 14.2. The fourth-order valence-electron chi connectivity index (χ4n) is 2.50. The van der Waals surface area contributed by atoms with Crippen LogP contribution in [0.5, 0.6) is 0 Å². The molecule has 1 aliphatic rings. The van der Waals surface area contributed by atoms with Gasteiger partial charge in [-0.15, -0.1) is 24.2 Å². The van der Waals surface area contributed by atoms with Crippen molar-refractivity contribution in [3.8, 4) is 0 Å². The van der Waals surface area contributed by atoms with Crippen LogP contribution in [0.4, 0.5) is 0 Å². The number of rotatable bonds is 6. The minimum Gasteiger partial charge on any atom is -0.355 e. The molecule has 1 aromatic rings. The second-order valence-corrected chi connectivity index (χ2v) is 6.42. The van der Waals surface area contributed by atoms with Gasteiger partial charge in [-0.3, -0.25) is 4.79 Å². The molecule has 118 valence electrons. The van der Waals surface area contributed by atoms with Crippen molar-refractivity contribution >= 4 is 30.1 Å². The number of carbonyl (C=O) groups is 1. The highest BCUT2D eigenvalue weighted by Crippen LogP contribution is 2.21. The molecule has 1 amide bonds. The molecular weight excluding hydrogens is 304 g/mol. The van der Waals surface area contributed by atoms with Gasteiger partial charge in [-0.25, -0.2) is 0 Å². The molecule has 0 bridgehead atoms. The third-order valence-corrected chi connectivity index (χ3v) is 4.90. The third kappa shape index (κ3) is 6.72. The van der Waals surface area contributed by atoms with Crippen LogP contribution in [0, 0.1) is 12.8 Å². The monoisotopic (exact) mass is 328 g/mol. The van der Waals surface area contributed by atoms with Gasteiger partial charge in [0.1, 0.15) is 0 Å². The number of halogens is 1. The minimum atomic E-state index is 0. The summed E-state index contributed by atoms with van der Waals surface area (Å²) in [5, 5.41) is 6.44. The fraction of sp³-hybridized carbons (Fsp3) is 0.562. The predicted molar refractivity (Wildman–Crippen MR) is 92.4 cm³/mol. The van der Waals surface area contributed by atoms with Crippen molar-refractivity contribution in [2.45, 2.75) is 31.1 Å². The van der Waals surface area contributed by atoms with Gasteiger partial charge < -0.3 is 10.6 Å². The van der Waals surface area contributed by atoms with E-state index < -0.39 is 0 Å². The largest absolute Gasteiger partial charge is 0.355 e. The number of hydrogen-bond acceptors (Lipinski definition) is 3. The van der Waals surface area contributed by atoms with Crippen LogP contribution in [0.25, 0.3) is 0 Å². The molecular formula is C16H25ClN2OS. The Hall–Kier alpha value is -0.710. The molecule has 2 rings (SSSR count). The third-order valence-electron chi connectivity index (χ3n) is 3.73. The second kappa shape index (κ2) is 10.1. The van der Waals surface area contributed by atoms with Gasteiger partial charge in [0, 0.05) is 11.4 Å². The zero-order chi connectivity index (χ0) is 14.2. The summed E-state index contributed by atoms with van der Waals surface area (Å²) in [7, 11) is 0. The Balaban J connectivity index is 0.00000220. The molecule has 0 saturated carbocycles. The zero-order valence-electron chi connectivity index (χ0n) is 12.6. The lowest BCUT2D eigenvalue weighted by molar-refractivity contribution is -0.118. The van der Waals surface area contributed by atoms with E-state index in [9.17, 15) is 4.79 Å². The Morgan fingerprint density at radius 1 is 1.43 bits per heavy atom. The number of aryl methyl sites for hydroxylation is 1. The van der Waals surface area contributed by atoms with Crippen molar-refractivity contribution < 1.29 is 4.79 Å². The van der Waals surface area contributed by atoms with E-state index in [0.29, 0.717) is 5.75 Å². The lowest BCUT2D eigenvalue weighted by Gasteiger charge is -2.22. The Morgan fingerprint density at radius 3 is 2.95 bits per heavy atom. The van der Waals surface area contributed by atoms with Crippen LogP contribution in [0.3, 0.4) is 0 Å². The Kier molecular flexibility index (Phi) is 8.81. The van der Waals surface area contributed by atoms with Crippen molar-refractivity contribution in [2.24, 2.45) is 5.92 Å². The van der Waals surface area contributed by atoms with E-state index in [1.54, 1.807) is 11.8 Å². The summed E-state index contributed by atoms with van der Waals surface area (Å²) in [6.45, 7) is 5.14. The van der Waals surface area contributed by atoms with Gasteiger partial charge in [-0.05, 0) is 56.8 Å². The molecule has 1 aromatic carbocycles. The molecule has 1 atom stereocenters. The molecule has 5 heteroatoms. The van der Waals surface area contributed by atoms with Gasteiger partial charge in [0.2, 0.25) is 5.91 Å². The number of piperidine rings is 1. The lowest BCUT2D eigenvalue weighted by Crippen LogP contribution is -2.33. The Bertz CT molecular complexity index is 436. The molecule has 0 aliphatic carbocycles. The minimum absolute atomic E-state index is 0. The first kappa shape index (κ1) is 18.3. The van der Waals surface area contributed by atoms with Crippen LogP contribution >= 0.6 is 24.2 Å². The van der Waals surface area contributed by atoms with Gasteiger partial charge in [0.05, 0.1) is 5.75 Å². The van der Waals surface area contributed by atoms with Crippen LogP contribution in [-0.4, -0.2) is 31.3 Å². The molecule has 0 radical (unpaired) electrons. The molecule has 0 spiro atoms. The van der Waals surface area contributed by atoms with Crippen LogP contribution in [-0.2, 0) is 4.79 Å². The molecule has 1 unspecified atom stereocenters. The van der Waals surface area contributed by atoms with Gasteiger partial charge >= 0.3 is 0 Å². The lowest BCUT2D eigenvalue weighted by atomic mass is 9.96. The second-order valence-electron chi connectivity index (χ2n) is 5.41. The topological polar surface area (TPSA) is 41.1 Å². The fourth-order valence-corrected chi connectivity index (χ4v) is 3.36. The highest BCUT2D eigenvalue weighted by Gasteiger charge is 2.12. The first-order valence-corrected chi connectivity index (χ1v) is 8.40. The Morgan fingerprint density at radius 2 is 2.24 bits per heavy atom. The number of benzene rings is 1. The average molecular weight is 329 g/mol. The summed E-state index contributed by atoms with van der Waals surface area (Å²) >= 11 is 1.62. The van der Waals surface area contributed by atoms with E-state index in [0.717, 1.165) is 32.0 Å². The first-order chi connectivity index (χ1) is 9.75. The van der Waals surface area contributed by atoms with E-state index in [2.05, 4.69) is 29.7 Å². The highest BCUT2D eigenvalue weighted by atomic mass is 35.5. The maximum absolute atomic E-state index is 11.8. The highest BCUT2D eigenvalue weighted by molar-refractivity contribution is 8.00. The number of nitrogens with one attached hydrogen (secondary N) is 2. The molecule has 2 N–H and O–H groups in total. The number of amides is 1. The van der Waals surface area contributed by atoms with Crippen molar-refractivity contribution in [2.75, 3.05) is 25.4 Å². The molecule has 1 aliphatic heterocycles. The summed E-state index contributed by atoms with van der Waals surface area (Å²) in [5.74, 6) is 1.38. The summed E-state index contributed by atoms with van der Waals surface area (Å²) in [6.07, 6.45) is 3.65. The smallest absolute Gasteiger partial charge is 0.230 e. The summed E-state index contributed by atoms with van der Waals surface area (Å²) in [6, 6.07) is 8.19. The first-order valence-electron chi connectivity index (χ1n) is 7.41. The molecule has 1 fully saturated rings. The Labute approximate surface area is 138 Å².